The van der Waals surface area contributed by atoms with Gasteiger partial charge in [0.2, 0.25) is 0 Å². The number of aromatic nitrogens is 2. The number of benzene rings is 2. The van der Waals surface area contributed by atoms with Crippen molar-refractivity contribution in [1.82, 2.24) is 9.78 Å². The lowest BCUT2D eigenvalue weighted by Gasteiger charge is -2.09. The predicted molar refractivity (Wildman–Crippen MR) is 101 cm³/mol. The van der Waals surface area contributed by atoms with Gasteiger partial charge in [0.1, 0.15) is 5.75 Å². The van der Waals surface area contributed by atoms with Crippen molar-refractivity contribution in [3.63, 3.8) is 0 Å². The van der Waals surface area contributed by atoms with E-state index >= 15 is 0 Å². The van der Waals surface area contributed by atoms with Gasteiger partial charge in [-0.15, -0.1) is 0 Å². The van der Waals surface area contributed by atoms with E-state index in [9.17, 15) is 19.5 Å². The molecule has 0 aliphatic heterocycles. The minimum Gasteiger partial charge on any atom is -0.497 e. The fourth-order valence-electron chi connectivity index (χ4n) is 2.84. The van der Waals surface area contributed by atoms with Crippen molar-refractivity contribution in [2.75, 3.05) is 7.11 Å². The van der Waals surface area contributed by atoms with E-state index in [0.717, 1.165) is 28.1 Å². The van der Waals surface area contributed by atoms with Gasteiger partial charge in [-0.05, 0) is 35.4 Å². The molecule has 3 aromatic rings. The van der Waals surface area contributed by atoms with Gasteiger partial charge in [0.15, 0.2) is 0 Å². The van der Waals surface area contributed by atoms with Crippen LogP contribution in [0.25, 0.3) is 11.3 Å². The third kappa shape index (κ3) is 5.05. The highest BCUT2D eigenvalue weighted by Gasteiger charge is 2.19. The van der Waals surface area contributed by atoms with Crippen molar-refractivity contribution in [3.8, 4) is 17.0 Å². The highest BCUT2D eigenvalue weighted by atomic mass is 31.2. The van der Waals surface area contributed by atoms with Gasteiger partial charge in [-0.1, -0.05) is 30.3 Å². The summed E-state index contributed by atoms with van der Waals surface area (Å²) in [5.41, 5.74) is 3.59. The Kier molecular flexibility index (Phi) is 5.77. The zero-order valence-corrected chi connectivity index (χ0v) is 15.7. The van der Waals surface area contributed by atoms with Crippen molar-refractivity contribution in [2.45, 2.75) is 19.3 Å². The molecule has 0 aliphatic carbocycles. The minimum absolute atomic E-state index is 0.0875. The summed E-state index contributed by atoms with van der Waals surface area (Å²) in [6.45, 7) is 0.347. The Hall–Kier alpha value is -2.44. The summed E-state index contributed by atoms with van der Waals surface area (Å²) in [5, 5.41) is 13.8. The normalized spacial score (nSPS) is 11.6. The Bertz CT molecular complexity index is 962. The molecule has 0 spiro atoms. The van der Waals surface area contributed by atoms with Crippen molar-refractivity contribution in [3.05, 3.63) is 71.4 Å². The summed E-state index contributed by atoms with van der Waals surface area (Å²) in [6.07, 6.45) is -0.421. The van der Waals surface area contributed by atoms with Crippen LogP contribution in [0, 0.1) is 0 Å². The molecule has 7 nitrogen and oxygen atoms in total. The van der Waals surface area contributed by atoms with E-state index in [-0.39, 0.29) is 6.61 Å². The van der Waals surface area contributed by atoms with Crippen molar-refractivity contribution < 1.29 is 24.2 Å². The van der Waals surface area contributed by atoms with E-state index in [2.05, 4.69) is 5.10 Å². The molecule has 142 valence electrons. The number of hydrogen-bond acceptors (Lipinski definition) is 4. The molecule has 0 aliphatic rings. The second-order valence-electron chi connectivity index (χ2n) is 6.21. The fourth-order valence-corrected chi connectivity index (χ4v) is 3.42. The van der Waals surface area contributed by atoms with Crippen LogP contribution in [-0.2, 0) is 23.9 Å². The van der Waals surface area contributed by atoms with Gasteiger partial charge < -0.3 is 19.6 Å². The molecule has 1 aromatic heterocycles. The summed E-state index contributed by atoms with van der Waals surface area (Å²) in [6, 6.07) is 16.6. The van der Waals surface area contributed by atoms with Crippen molar-refractivity contribution in [1.29, 1.82) is 0 Å². The summed E-state index contributed by atoms with van der Waals surface area (Å²) < 4.78 is 18.3. The lowest BCUT2D eigenvalue weighted by molar-refractivity contribution is 0.282. The Labute approximate surface area is 157 Å². The number of aliphatic hydroxyl groups is 1. The molecule has 3 N–H and O–H groups in total. The second kappa shape index (κ2) is 8.06. The quantitative estimate of drug-likeness (QED) is 0.538. The molecule has 0 fully saturated rings. The van der Waals surface area contributed by atoms with Gasteiger partial charge in [-0.25, -0.2) is 0 Å². The highest BCUT2D eigenvalue weighted by molar-refractivity contribution is 7.50. The maximum absolute atomic E-state index is 11.4. The van der Waals surface area contributed by atoms with Crippen LogP contribution < -0.4 is 4.74 Å². The summed E-state index contributed by atoms with van der Waals surface area (Å²) in [4.78, 5) is 18.6. The molecule has 0 saturated heterocycles. The Balaban J connectivity index is 1.99. The summed E-state index contributed by atoms with van der Waals surface area (Å²) in [7, 11) is -2.63. The Morgan fingerprint density at radius 1 is 1.07 bits per heavy atom. The van der Waals surface area contributed by atoms with E-state index in [1.165, 1.54) is 0 Å². The van der Waals surface area contributed by atoms with Gasteiger partial charge in [-0.3, -0.25) is 9.25 Å². The first kappa shape index (κ1) is 19.3. The van der Waals surface area contributed by atoms with Gasteiger partial charge in [0.05, 0.1) is 37.8 Å². The molecule has 2 aromatic carbocycles. The van der Waals surface area contributed by atoms with Crippen LogP contribution in [0.2, 0.25) is 0 Å². The number of rotatable bonds is 7. The molecular weight excluding hydrogens is 367 g/mol. The molecule has 3 rings (SSSR count). The first-order chi connectivity index (χ1) is 12.9. The van der Waals surface area contributed by atoms with Gasteiger partial charge >= 0.3 is 7.60 Å². The fraction of sp³-hybridized carbons (Fsp3) is 0.211. The van der Waals surface area contributed by atoms with Crippen LogP contribution in [-0.4, -0.2) is 31.8 Å². The molecule has 1 heterocycles. The SMILES string of the molecule is COc1ccc(Cn2nc(CP(=O)(O)O)cc2-c2cccc(CO)c2)cc1. The molecule has 27 heavy (non-hydrogen) atoms. The average Bonchev–Trinajstić information content (AvgIpc) is 3.02. The predicted octanol–water partition coefficient (Wildman–Crippen LogP) is 2.78. The van der Waals surface area contributed by atoms with Crippen LogP contribution in [0.15, 0.2) is 54.6 Å². The van der Waals surface area contributed by atoms with E-state index in [4.69, 9.17) is 4.74 Å². The lowest BCUT2D eigenvalue weighted by Crippen LogP contribution is -2.04. The van der Waals surface area contributed by atoms with Crippen LogP contribution in [0.1, 0.15) is 16.8 Å². The molecule has 0 unspecified atom stereocenters. The number of ether oxygens (including phenoxy) is 1. The van der Waals surface area contributed by atoms with Crippen molar-refractivity contribution >= 4 is 7.60 Å². The van der Waals surface area contributed by atoms with E-state index < -0.39 is 13.8 Å². The second-order valence-corrected chi connectivity index (χ2v) is 7.85. The van der Waals surface area contributed by atoms with E-state index in [1.807, 2.05) is 48.5 Å². The van der Waals surface area contributed by atoms with Gasteiger partial charge in [0.25, 0.3) is 0 Å². The molecule has 0 radical (unpaired) electrons. The van der Waals surface area contributed by atoms with E-state index in [0.29, 0.717) is 12.2 Å². The Morgan fingerprint density at radius 3 is 2.44 bits per heavy atom. The molecule has 0 saturated carbocycles. The topological polar surface area (TPSA) is 105 Å². The maximum atomic E-state index is 11.4. The van der Waals surface area contributed by atoms with E-state index in [1.54, 1.807) is 17.9 Å². The Morgan fingerprint density at radius 2 is 1.81 bits per heavy atom. The maximum Gasteiger partial charge on any atom is 0.331 e. The van der Waals surface area contributed by atoms with Gasteiger partial charge in [0, 0.05) is 5.56 Å². The standard InChI is InChI=1S/C19H21N2O5P/c1-26-18-7-5-14(6-8-18)11-21-19(10-17(20-21)13-27(23,24)25)16-4-2-3-15(9-16)12-22/h2-10,22H,11-13H2,1H3,(H2,23,24,25). The third-order valence-electron chi connectivity index (χ3n) is 4.10. The van der Waals surface area contributed by atoms with Crippen LogP contribution in [0.5, 0.6) is 5.75 Å². The molecule has 0 bridgehead atoms. The van der Waals surface area contributed by atoms with Crippen LogP contribution in [0.3, 0.4) is 0 Å². The smallest absolute Gasteiger partial charge is 0.331 e. The van der Waals surface area contributed by atoms with Crippen LogP contribution >= 0.6 is 7.60 Å². The number of hydrogen-bond donors (Lipinski definition) is 3. The zero-order valence-electron chi connectivity index (χ0n) is 14.8. The monoisotopic (exact) mass is 388 g/mol. The molecule has 0 atom stereocenters. The third-order valence-corrected chi connectivity index (χ3v) is 4.83. The number of nitrogens with zero attached hydrogens (tertiary/aromatic N) is 2. The van der Waals surface area contributed by atoms with Gasteiger partial charge in [-0.2, -0.15) is 5.10 Å². The van der Waals surface area contributed by atoms with Crippen LogP contribution in [0.4, 0.5) is 0 Å². The van der Waals surface area contributed by atoms with Crippen molar-refractivity contribution in [2.24, 2.45) is 0 Å². The lowest BCUT2D eigenvalue weighted by atomic mass is 10.1. The minimum atomic E-state index is -4.23. The first-order valence-corrected chi connectivity index (χ1v) is 10.1. The number of aliphatic hydroxyl groups excluding tert-OH is 1. The summed E-state index contributed by atoms with van der Waals surface area (Å²) >= 11 is 0. The number of methoxy groups -OCH3 is 1. The first-order valence-electron chi connectivity index (χ1n) is 8.32. The molecule has 8 heteroatoms. The summed E-state index contributed by atoms with van der Waals surface area (Å²) in [5.74, 6) is 0.747. The average molecular weight is 388 g/mol. The zero-order chi connectivity index (χ0) is 19.4. The highest BCUT2D eigenvalue weighted by Crippen LogP contribution is 2.39. The molecular formula is C19H21N2O5P. The molecule has 0 amide bonds. The largest absolute Gasteiger partial charge is 0.497 e.